The molecule has 3 heterocycles. The average Bonchev–Trinajstić information content (AvgIpc) is 2.95. The van der Waals surface area contributed by atoms with E-state index < -0.39 is 0 Å². The highest BCUT2D eigenvalue weighted by Crippen LogP contribution is 2.18. The maximum absolute atomic E-state index is 4.32. The second-order valence-corrected chi connectivity index (χ2v) is 5.21. The van der Waals surface area contributed by atoms with Crippen LogP contribution in [0.15, 0.2) is 24.5 Å². The Hall–Kier alpha value is -2.51. The van der Waals surface area contributed by atoms with Gasteiger partial charge in [0.2, 0.25) is 0 Å². The third-order valence-electron chi connectivity index (χ3n) is 2.61. The minimum Gasteiger partial charge on any atom is -0.336 e. The number of tetrazole rings is 1. The topological polar surface area (TPSA) is 85.8 Å². The van der Waals surface area contributed by atoms with E-state index in [2.05, 4.69) is 51.8 Å². The molecule has 0 aliphatic rings. The zero-order chi connectivity index (χ0) is 13.5. The summed E-state index contributed by atoms with van der Waals surface area (Å²) >= 11 is 0. The lowest BCUT2D eigenvalue weighted by Crippen LogP contribution is -2.21. The van der Waals surface area contributed by atoms with Crippen LogP contribution in [0.1, 0.15) is 20.8 Å². The molecule has 0 aliphatic carbocycles. The normalized spacial score (nSPS) is 11.9. The molecule has 3 rings (SSSR count). The minimum absolute atomic E-state index is 0.0485. The number of anilines is 2. The zero-order valence-corrected chi connectivity index (χ0v) is 10.9. The lowest BCUT2D eigenvalue weighted by Gasteiger charge is -2.18. The summed E-state index contributed by atoms with van der Waals surface area (Å²) in [5.74, 6) is 0.660. The third-order valence-corrected chi connectivity index (χ3v) is 2.61. The average molecular weight is 258 g/mol. The summed E-state index contributed by atoms with van der Waals surface area (Å²) < 4.78 is 3.27. The van der Waals surface area contributed by atoms with Crippen LogP contribution in [0.4, 0.5) is 11.5 Å². The molecule has 0 saturated heterocycles. The van der Waals surface area contributed by atoms with Crippen LogP contribution in [0.3, 0.4) is 0 Å². The Balaban J connectivity index is 1.86. The van der Waals surface area contributed by atoms with Crippen LogP contribution < -0.4 is 5.32 Å². The molecular weight excluding hydrogens is 244 g/mol. The number of nitrogens with one attached hydrogen (secondary N) is 1. The van der Waals surface area contributed by atoms with Crippen molar-refractivity contribution in [2.75, 3.05) is 5.32 Å². The van der Waals surface area contributed by atoms with Crippen molar-refractivity contribution in [2.45, 2.75) is 26.3 Å². The fourth-order valence-electron chi connectivity index (χ4n) is 1.62. The van der Waals surface area contributed by atoms with Crippen molar-refractivity contribution >= 4 is 17.2 Å². The van der Waals surface area contributed by atoms with E-state index in [4.69, 9.17) is 0 Å². The second-order valence-electron chi connectivity index (χ2n) is 5.21. The smallest absolute Gasteiger partial charge is 0.200 e. The third kappa shape index (κ3) is 2.24. The molecule has 0 aliphatic heterocycles. The van der Waals surface area contributed by atoms with Crippen LogP contribution in [-0.4, -0.2) is 35.0 Å². The Bertz CT molecular complexity index is 705. The van der Waals surface area contributed by atoms with Gasteiger partial charge in [0.05, 0.1) is 17.4 Å². The predicted molar refractivity (Wildman–Crippen MR) is 69.1 cm³/mol. The summed E-state index contributed by atoms with van der Waals surface area (Å²) in [6, 6.07) is 3.61. The lowest BCUT2D eigenvalue weighted by molar-refractivity contribution is 0.355. The van der Waals surface area contributed by atoms with E-state index in [1.54, 1.807) is 12.3 Å². The van der Waals surface area contributed by atoms with Crippen molar-refractivity contribution in [3.8, 4) is 0 Å². The van der Waals surface area contributed by atoms with Crippen LogP contribution in [0, 0.1) is 0 Å². The molecule has 3 aromatic rings. The maximum atomic E-state index is 4.32. The van der Waals surface area contributed by atoms with Crippen LogP contribution in [0.25, 0.3) is 5.65 Å². The number of rotatable bonds is 2. The zero-order valence-electron chi connectivity index (χ0n) is 10.9. The molecule has 0 amide bonds. The van der Waals surface area contributed by atoms with Crippen molar-refractivity contribution in [3.63, 3.8) is 0 Å². The van der Waals surface area contributed by atoms with Gasteiger partial charge in [-0.15, -0.1) is 14.8 Å². The molecule has 0 saturated carbocycles. The molecule has 19 heavy (non-hydrogen) atoms. The largest absolute Gasteiger partial charge is 0.336 e. The molecule has 0 unspecified atom stereocenters. The first-order valence-corrected chi connectivity index (χ1v) is 5.90. The van der Waals surface area contributed by atoms with Gasteiger partial charge >= 0.3 is 0 Å². The van der Waals surface area contributed by atoms with Crippen molar-refractivity contribution in [1.82, 2.24) is 35.0 Å². The molecular formula is C11H14N8. The molecule has 8 heteroatoms. The molecule has 8 nitrogen and oxygen atoms in total. The van der Waals surface area contributed by atoms with E-state index in [0.717, 1.165) is 5.69 Å². The van der Waals surface area contributed by atoms with Gasteiger partial charge in [-0.3, -0.25) is 4.68 Å². The van der Waals surface area contributed by atoms with Gasteiger partial charge in [-0.25, -0.2) is 0 Å². The van der Waals surface area contributed by atoms with E-state index in [1.807, 2.05) is 16.9 Å². The van der Waals surface area contributed by atoms with Crippen molar-refractivity contribution in [1.29, 1.82) is 0 Å². The summed E-state index contributed by atoms with van der Waals surface area (Å²) in [4.78, 5) is 0. The Morgan fingerprint density at radius 3 is 2.79 bits per heavy atom. The number of hydrogen-bond acceptors (Lipinski definition) is 6. The van der Waals surface area contributed by atoms with Gasteiger partial charge < -0.3 is 5.32 Å². The Morgan fingerprint density at radius 2 is 2.05 bits per heavy atom. The molecule has 0 radical (unpaired) electrons. The Kier molecular flexibility index (Phi) is 2.44. The summed E-state index contributed by atoms with van der Waals surface area (Å²) in [5.41, 5.74) is 1.43. The number of hydrogen-bond donors (Lipinski definition) is 1. The first-order chi connectivity index (χ1) is 9.02. The number of aromatic nitrogens is 7. The highest BCUT2D eigenvalue weighted by atomic mass is 15.6. The predicted octanol–water partition coefficient (Wildman–Crippen LogP) is 1.21. The molecule has 0 fully saturated rings. The molecule has 0 spiro atoms. The Morgan fingerprint density at radius 1 is 1.21 bits per heavy atom. The fraction of sp³-hybridized carbons (Fsp3) is 0.364. The van der Waals surface area contributed by atoms with Gasteiger partial charge in [0, 0.05) is 6.20 Å². The van der Waals surface area contributed by atoms with Crippen molar-refractivity contribution in [3.05, 3.63) is 24.5 Å². The van der Waals surface area contributed by atoms with E-state index in [0.29, 0.717) is 11.5 Å². The van der Waals surface area contributed by atoms with Crippen molar-refractivity contribution < 1.29 is 0 Å². The van der Waals surface area contributed by atoms with E-state index in [9.17, 15) is 0 Å². The summed E-state index contributed by atoms with van der Waals surface area (Å²) in [5, 5.41) is 22.8. The monoisotopic (exact) mass is 258 g/mol. The SMILES string of the molecule is CC(C)(C)n1cc(Nc2ccc3nnnn3n2)cn1. The highest BCUT2D eigenvalue weighted by molar-refractivity contribution is 5.54. The van der Waals surface area contributed by atoms with Crippen LogP contribution in [0.2, 0.25) is 0 Å². The van der Waals surface area contributed by atoms with Crippen molar-refractivity contribution in [2.24, 2.45) is 0 Å². The molecule has 98 valence electrons. The Labute approximate surface area is 109 Å². The van der Waals surface area contributed by atoms with Gasteiger partial charge in [0.15, 0.2) is 11.5 Å². The first-order valence-electron chi connectivity index (χ1n) is 5.90. The minimum atomic E-state index is -0.0485. The standard InChI is InChI=1S/C11H14N8/c1-11(2,3)18-7-8(6-12-18)13-9-4-5-10-14-16-17-19(10)15-9/h4-7H,1-3H3,(H,13,15). The van der Waals surface area contributed by atoms with Gasteiger partial charge in [-0.2, -0.15) is 5.10 Å². The molecule has 0 aromatic carbocycles. The van der Waals surface area contributed by atoms with E-state index in [-0.39, 0.29) is 5.54 Å². The molecule has 3 aromatic heterocycles. The molecule has 0 bridgehead atoms. The first kappa shape index (κ1) is 11.6. The van der Waals surface area contributed by atoms with Gasteiger partial charge in [0.25, 0.3) is 0 Å². The second kappa shape index (κ2) is 4.01. The quantitative estimate of drug-likeness (QED) is 0.743. The van der Waals surface area contributed by atoms with E-state index in [1.165, 1.54) is 4.63 Å². The fourth-order valence-corrected chi connectivity index (χ4v) is 1.62. The van der Waals surface area contributed by atoms with Crippen LogP contribution in [0.5, 0.6) is 0 Å². The number of fused-ring (bicyclic) bond motifs is 1. The van der Waals surface area contributed by atoms with Gasteiger partial charge in [0.1, 0.15) is 0 Å². The summed E-state index contributed by atoms with van der Waals surface area (Å²) in [6.07, 6.45) is 3.70. The van der Waals surface area contributed by atoms with Crippen LogP contribution in [-0.2, 0) is 5.54 Å². The lowest BCUT2D eigenvalue weighted by atomic mass is 10.1. The molecule has 0 atom stereocenters. The molecule has 1 N–H and O–H groups in total. The van der Waals surface area contributed by atoms with Gasteiger partial charge in [-0.1, -0.05) is 0 Å². The maximum Gasteiger partial charge on any atom is 0.200 e. The van der Waals surface area contributed by atoms with Crippen LogP contribution >= 0.6 is 0 Å². The summed E-state index contributed by atoms with van der Waals surface area (Å²) in [6.45, 7) is 6.28. The van der Waals surface area contributed by atoms with E-state index >= 15 is 0 Å². The summed E-state index contributed by atoms with van der Waals surface area (Å²) in [7, 11) is 0. The highest BCUT2D eigenvalue weighted by Gasteiger charge is 2.14. The van der Waals surface area contributed by atoms with Gasteiger partial charge in [-0.05, 0) is 43.3 Å². The number of nitrogens with zero attached hydrogens (tertiary/aromatic N) is 7.